The second-order valence-corrected chi connectivity index (χ2v) is 4.90. The number of carbonyl (C=O) groups excluding carboxylic acids is 1. The Bertz CT molecular complexity index is 241. The normalized spacial score (nSPS) is 27.9. The molecule has 0 radical (unpaired) electrons. The highest BCUT2D eigenvalue weighted by Gasteiger charge is 2.35. The van der Waals surface area contributed by atoms with Crippen molar-refractivity contribution in [2.75, 3.05) is 20.2 Å². The van der Waals surface area contributed by atoms with E-state index in [4.69, 9.17) is 10.5 Å². The predicted octanol–water partition coefficient (Wildman–Crippen LogP) is 0.607. The molecule has 0 aromatic heterocycles. The SMILES string of the molecule is COC(C)(C)C(=O)N1CCC(N)C(C)C1. The lowest BCUT2D eigenvalue weighted by atomic mass is 9.93. The van der Waals surface area contributed by atoms with Crippen molar-refractivity contribution in [3.63, 3.8) is 0 Å². The number of piperidine rings is 1. The van der Waals surface area contributed by atoms with Crippen LogP contribution in [0.3, 0.4) is 0 Å². The summed E-state index contributed by atoms with van der Waals surface area (Å²) in [6, 6.07) is 0.222. The minimum Gasteiger partial charge on any atom is -0.369 e. The summed E-state index contributed by atoms with van der Waals surface area (Å²) in [5.41, 5.74) is 5.19. The van der Waals surface area contributed by atoms with E-state index in [9.17, 15) is 4.79 Å². The van der Waals surface area contributed by atoms with Gasteiger partial charge in [0.25, 0.3) is 5.91 Å². The number of hydrogen-bond acceptors (Lipinski definition) is 3. The molecule has 0 spiro atoms. The number of nitrogens with zero attached hydrogens (tertiary/aromatic N) is 1. The molecule has 0 aromatic rings. The average Bonchev–Trinajstić information content (AvgIpc) is 2.21. The van der Waals surface area contributed by atoms with Crippen molar-refractivity contribution < 1.29 is 9.53 Å². The number of ether oxygens (including phenoxy) is 1. The molecular weight excluding hydrogens is 192 g/mol. The highest BCUT2D eigenvalue weighted by Crippen LogP contribution is 2.19. The third kappa shape index (κ3) is 2.69. The third-order valence-electron chi connectivity index (χ3n) is 3.28. The third-order valence-corrected chi connectivity index (χ3v) is 3.28. The van der Waals surface area contributed by atoms with E-state index in [1.807, 2.05) is 4.90 Å². The van der Waals surface area contributed by atoms with Gasteiger partial charge in [-0.05, 0) is 26.2 Å². The van der Waals surface area contributed by atoms with Crippen LogP contribution in [0.4, 0.5) is 0 Å². The van der Waals surface area contributed by atoms with E-state index in [0.29, 0.717) is 5.92 Å². The van der Waals surface area contributed by atoms with Crippen molar-refractivity contribution in [2.45, 2.75) is 38.8 Å². The van der Waals surface area contributed by atoms with Gasteiger partial charge in [0.05, 0.1) is 0 Å². The molecule has 1 rings (SSSR count). The van der Waals surface area contributed by atoms with Gasteiger partial charge in [0, 0.05) is 26.2 Å². The number of amides is 1. The zero-order valence-electron chi connectivity index (χ0n) is 10.1. The summed E-state index contributed by atoms with van der Waals surface area (Å²) in [5.74, 6) is 0.430. The van der Waals surface area contributed by atoms with Gasteiger partial charge in [-0.15, -0.1) is 0 Å². The quantitative estimate of drug-likeness (QED) is 0.732. The summed E-state index contributed by atoms with van der Waals surface area (Å²) in [6.07, 6.45) is 0.882. The highest BCUT2D eigenvalue weighted by molar-refractivity contribution is 5.84. The minimum absolute atomic E-state index is 0.0590. The lowest BCUT2D eigenvalue weighted by Crippen LogP contribution is -2.54. The van der Waals surface area contributed by atoms with Crippen LogP contribution in [0.1, 0.15) is 27.2 Å². The fraction of sp³-hybridized carbons (Fsp3) is 0.909. The van der Waals surface area contributed by atoms with Gasteiger partial charge in [-0.25, -0.2) is 0 Å². The van der Waals surface area contributed by atoms with Crippen molar-refractivity contribution in [2.24, 2.45) is 11.7 Å². The van der Waals surface area contributed by atoms with Crippen molar-refractivity contribution in [3.8, 4) is 0 Å². The molecule has 2 N–H and O–H groups in total. The van der Waals surface area contributed by atoms with Crippen molar-refractivity contribution >= 4 is 5.91 Å². The van der Waals surface area contributed by atoms with E-state index in [0.717, 1.165) is 19.5 Å². The summed E-state index contributed by atoms with van der Waals surface area (Å²) in [4.78, 5) is 13.9. The van der Waals surface area contributed by atoms with Gasteiger partial charge in [-0.2, -0.15) is 0 Å². The van der Waals surface area contributed by atoms with Crippen molar-refractivity contribution in [3.05, 3.63) is 0 Å². The molecule has 2 unspecified atom stereocenters. The van der Waals surface area contributed by atoms with Crippen LogP contribution in [-0.4, -0.2) is 42.6 Å². The summed E-state index contributed by atoms with van der Waals surface area (Å²) in [7, 11) is 1.57. The van der Waals surface area contributed by atoms with Gasteiger partial charge in [-0.1, -0.05) is 6.92 Å². The van der Waals surface area contributed by atoms with E-state index in [1.165, 1.54) is 0 Å². The highest BCUT2D eigenvalue weighted by atomic mass is 16.5. The van der Waals surface area contributed by atoms with E-state index in [2.05, 4.69) is 6.92 Å². The Morgan fingerprint density at radius 2 is 2.13 bits per heavy atom. The van der Waals surface area contributed by atoms with Crippen LogP contribution < -0.4 is 5.73 Å². The monoisotopic (exact) mass is 214 g/mol. The van der Waals surface area contributed by atoms with Gasteiger partial charge >= 0.3 is 0 Å². The van der Waals surface area contributed by atoms with Crippen LogP contribution >= 0.6 is 0 Å². The largest absolute Gasteiger partial charge is 0.369 e. The Morgan fingerprint density at radius 3 is 2.60 bits per heavy atom. The first-order valence-corrected chi connectivity index (χ1v) is 5.48. The number of nitrogens with two attached hydrogens (primary N) is 1. The fourth-order valence-electron chi connectivity index (χ4n) is 1.82. The van der Waals surface area contributed by atoms with Crippen LogP contribution in [0, 0.1) is 5.92 Å². The first-order chi connectivity index (χ1) is 6.88. The average molecular weight is 214 g/mol. The Hall–Kier alpha value is -0.610. The van der Waals surface area contributed by atoms with Gasteiger partial charge in [0.15, 0.2) is 0 Å². The maximum atomic E-state index is 12.1. The lowest BCUT2D eigenvalue weighted by molar-refractivity contribution is -0.153. The van der Waals surface area contributed by atoms with Gasteiger partial charge < -0.3 is 15.4 Å². The number of hydrogen-bond donors (Lipinski definition) is 1. The van der Waals surface area contributed by atoms with E-state index >= 15 is 0 Å². The molecule has 1 heterocycles. The molecular formula is C11H22N2O2. The van der Waals surface area contributed by atoms with Crippen LogP contribution in [0.25, 0.3) is 0 Å². The van der Waals surface area contributed by atoms with Gasteiger partial charge in [0.2, 0.25) is 0 Å². The second-order valence-electron chi connectivity index (χ2n) is 4.90. The van der Waals surface area contributed by atoms with Crippen LogP contribution in [0.5, 0.6) is 0 Å². The van der Waals surface area contributed by atoms with E-state index in [-0.39, 0.29) is 11.9 Å². The molecule has 1 fully saturated rings. The maximum absolute atomic E-state index is 12.1. The Balaban J connectivity index is 2.62. The molecule has 1 amide bonds. The Kier molecular flexibility index (Phi) is 3.73. The first-order valence-electron chi connectivity index (χ1n) is 5.48. The minimum atomic E-state index is -0.721. The molecule has 88 valence electrons. The van der Waals surface area contributed by atoms with Crippen molar-refractivity contribution in [1.82, 2.24) is 4.90 Å². The number of methoxy groups -OCH3 is 1. The molecule has 2 atom stereocenters. The molecule has 0 aromatic carbocycles. The summed E-state index contributed by atoms with van der Waals surface area (Å²) in [6.45, 7) is 7.18. The first kappa shape index (κ1) is 12.5. The summed E-state index contributed by atoms with van der Waals surface area (Å²) < 4.78 is 5.19. The smallest absolute Gasteiger partial charge is 0.254 e. The standard InChI is InChI=1S/C11H22N2O2/c1-8-7-13(6-5-9(8)12)10(14)11(2,3)15-4/h8-9H,5-7,12H2,1-4H3. The maximum Gasteiger partial charge on any atom is 0.254 e. The molecule has 0 saturated carbocycles. The summed E-state index contributed by atoms with van der Waals surface area (Å²) in [5, 5.41) is 0. The number of likely N-dealkylation sites (tertiary alicyclic amines) is 1. The van der Waals surface area contributed by atoms with E-state index in [1.54, 1.807) is 21.0 Å². The molecule has 1 saturated heterocycles. The predicted molar refractivity (Wildman–Crippen MR) is 59.4 cm³/mol. The molecule has 0 bridgehead atoms. The Labute approximate surface area is 91.8 Å². The lowest BCUT2D eigenvalue weighted by Gasteiger charge is -2.38. The van der Waals surface area contributed by atoms with Gasteiger partial charge in [-0.3, -0.25) is 4.79 Å². The topological polar surface area (TPSA) is 55.6 Å². The molecule has 4 heteroatoms. The number of rotatable bonds is 2. The van der Waals surface area contributed by atoms with Crippen LogP contribution in [0.2, 0.25) is 0 Å². The Morgan fingerprint density at radius 1 is 1.53 bits per heavy atom. The molecule has 4 nitrogen and oxygen atoms in total. The van der Waals surface area contributed by atoms with Crippen LogP contribution in [-0.2, 0) is 9.53 Å². The van der Waals surface area contributed by atoms with Crippen molar-refractivity contribution in [1.29, 1.82) is 0 Å². The summed E-state index contributed by atoms with van der Waals surface area (Å²) >= 11 is 0. The molecule has 15 heavy (non-hydrogen) atoms. The zero-order chi connectivity index (χ0) is 11.6. The zero-order valence-corrected chi connectivity index (χ0v) is 10.1. The second kappa shape index (κ2) is 4.49. The van der Waals surface area contributed by atoms with Crippen LogP contribution in [0.15, 0.2) is 0 Å². The fourth-order valence-corrected chi connectivity index (χ4v) is 1.82. The molecule has 1 aliphatic heterocycles. The molecule has 0 aliphatic carbocycles. The molecule has 1 aliphatic rings. The van der Waals surface area contributed by atoms with E-state index < -0.39 is 5.60 Å². The number of carbonyl (C=O) groups is 1. The van der Waals surface area contributed by atoms with Gasteiger partial charge in [0.1, 0.15) is 5.60 Å².